The number of carbonyl (C=O) groups excluding carboxylic acids is 1. The van der Waals surface area contributed by atoms with Crippen molar-refractivity contribution in [3.63, 3.8) is 0 Å². The molecule has 0 saturated heterocycles. The summed E-state index contributed by atoms with van der Waals surface area (Å²) in [4.78, 5) is 22.7. The zero-order valence-corrected chi connectivity index (χ0v) is 11.0. The Morgan fingerprint density at radius 2 is 2.11 bits per heavy atom. The normalized spacial score (nSPS) is 12.2. The van der Waals surface area contributed by atoms with Gasteiger partial charge in [0.15, 0.2) is 0 Å². The lowest BCUT2D eigenvalue weighted by atomic mass is 10.2. The first-order valence-electron chi connectivity index (χ1n) is 5.03. The summed E-state index contributed by atoms with van der Waals surface area (Å²) < 4.78 is 1.34. The van der Waals surface area contributed by atoms with Crippen LogP contribution in [-0.4, -0.2) is 39.3 Å². The highest BCUT2D eigenvalue weighted by molar-refractivity contribution is 6.41. The Hall–Kier alpha value is -1.24. The van der Waals surface area contributed by atoms with Crippen LogP contribution in [0.15, 0.2) is 6.07 Å². The minimum absolute atomic E-state index is 0.0764. The highest BCUT2D eigenvalue weighted by Gasteiger charge is 2.22. The molecule has 0 spiro atoms. The van der Waals surface area contributed by atoms with Crippen molar-refractivity contribution >= 4 is 35.1 Å². The number of aliphatic hydroxyl groups excluding tert-OH is 1. The number of rotatable bonds is 5. The van der Waals surface area contributed by atoms with Crippen LogP contribution in [0.25, 0.3) is 0 Å². The third-order valence-electron chi connectivity index (χ3n) is 2.37. The maximum absolute atomic E-state index is 11.8. The number of carboxylic acid groups (broad SMARTS) is 1. The van der Waals surface area contributed by atoms with Gasteiger partial charge in [0.2, 0.25) is 0 Å². The topological polar surface area (TPSA) is 91.6 Å². The molecule has 1 atom stereocenters. The van der Waals surface area contributed by atoms with Crippen LogP contribution < -0.4 is 5.32 Å². The van der Waals surface area contributed by atoms with E-state index in [0.29, 0.717) is 0 Å². The molecule has 6 nitrogen and oxygen atoms in total. The smallest absolute Gasteiger partial charge is 0.326 e. The van der Waals surface area contributed by atoms with E-state index in [0.717, 1.165) is 0 Å². The van der Waals surface area contributed by atoms with Gasteiger partial charge in [-0.25, -0.2) is 4.79 Å². The maximum Gasteiger partial charge on any atom is 0.326 e. The predicted molar refractivity (Wildman–Crippen MR) is 66.0 cm³/mol. The van der Waals surface area contributed by atoms with E-state index in [2.05, 4.69) is 5.32 Å². The molecule has 100 valence electrons. The van der Waals surface area contributed by atoms with Gasteiger partial charge in [-0.05, 0) is 6.07 Å². The van der Waals surface area contributed by atoms with Crippen LogP contribution in [0.1, 0.15) is 16.9 Å². The molecule has 1 heterocycles. The summed E-state index contributed by atoms with van der Waals surface area (Å²) in [5.41, 5.74) is 0.147. The highest BCUT2D eigenvalue weighted by Crippen LogP contribution is 2.25. The van der Waals surface area contributed by atoms with E-state index in [-0.39, 0.29) is 28.9 Å². The molecule has 3 N–H and O–H groups in total. The zero-order chi connectivity index (χ0) is 13.9. The van der Waals surface area contributed by atoms with E-state index >= 15 is 0 Å². The molecule has 0 radical (unpaired) electrons. The van der Waals surface area contributed by atoms with Crippen LogP contribution in [0.5, 0.6) is 0 Å². The summed E-state index contributed by atoms with van der Waals surface area (Å²) in [6.45, 7) is -0.341. The van der Waals surface area contributed by atoms with Crippen LogP contribution >= 0.6 is 23.2 Å². The Labute approximate surface area is 113 Å². The lowest BCUT2D eigenvalue weighted by molar-refractivity contribution is -0.139. The number of halogens is 2. The molecule has 0 aliphatic carbocycles. The van der Waals surface area contributed by atoms with Gasteiger partial charge in [-0.15, -0.1) is 0 Å². The lowest BCUT2D eigenvalue weighted by Gasteiger charge is -2.13. The molecular formula is C10H12Cl2N2O4. The second kappa shape index (κ2) is 6.08. The number of aliphatic hydroxyl groups is 1. The van der Waals surface area contributed by atoms with Crippen LogP contribution in [0.3, 0.4) is 0 Å². The van der Waals surface area contributed by atoms with E-state index in [1.54, 1.807) is 0 Å². The molecule has 1 aromatic rings. The Bertz CT molecular complexity index is 473. The Morgan fingerprint density at radius 3 is 2.50 bits per heavy atom. The van der Waals surface area contributed by atoms with Crippen molar-refractivity contribution in [1.29, 1.82) is 0 Å². The average molecular weight is 295 g/mol. The van der Waals surface area contributed by atoms with Gasteiger partial charge < -0.3 is 20.1 Å². The number of amides is 1. The number of carboxylic acids is 1. The van der Waals surface area contributed by atoms with Crippen molar-refractivity contribution in [2.75, 3.05) is 6.61 Å². The van der Waals surface area contributed by atoms with E-state index < -0.39 is 17.9 Å². The number of nitrogens with one attached hydrogen (secondary N) is 1. The van der Waals surface area contributed by atoms with Gasteiger partial charge in [0.25, 0.3) is 5.91 Å². The molecule has 1 amide bonds. The second-order valence-electron chi connectivity index (χ2n) is 3.60. The summed E-state index contributed by atoms with van der Waals surface area (Å²) in [5.74, 6) is -1.84. The van der Waals surface area contributed by atoms with Crippen LogP contribution in [0.2, 0.25) is 10.2 Å². The summed E-state index contributed by atoms with van der Waals surface area (Å²) in [5, 5.41) is 20.2. The van der Waals surface area contributed by atoms with Gasteiger partial charge >= 0.3 is 5.97 Å². The molecule has 8 heteroatoms. The van der Waals surface area contributed by atoms with Crippen molar-refractivity contribution in [3.05, 3.63) is 21.9 Å². The van der Waals surface area contributed by atoms with E-state index in [4.69, 9.17) is 33.4 Å². The van der Waals surface area contributed by atoms with E-state index in [1.807, 2.05) is 0 Å². The average Bonchev–Trinajstić information content (AvgIpc) is 2.56. The number of carbonyl (C=O) groups is 2. The van der Waals surface area contributed by atoms with Gasteiger partial charge in [-0.2, -0.15) is 0 Å². The van der Waals surface area contributed by atoms with Crippen molar-refractivity contribution in [2.24, 2.45) is 7.05 Å². The van der Waals surface area contributed by atoms with Gasteiger partial charge in [0.1, 0.15) is 16.9 Å². The minimum atomic E-state index is -1.22. The molecule has 1 aromatic heterocycles. The first kappa shape index (κ1) is 14.8. The van der Waals surface area contributed by atoms with Gasteiger partial charge in [0, 0.05) is 20.1 Å². The summed E-state index contributed by atoms with van der Waals surface area (Å²) in [7, 11) is 1.53. The second-order valence-corrected chi connectivity index (χ2v) is 4.37. The fraction of sp³-hybridized carbons (Fsp3) is 0.400. The maximum atomic E-state index is 11.8. The monoisotopic (exact) mass is 294 g/mol. The molecular weight excluding hydrogens is 283 g/mol. The number of hydrogen-bond acceptors (Lipinski definition) is 3. The molecule has 0 aromatic carbocycles. The van der Waals surface area contributed by atoms with Gasteiger partial charge in [-0.3, -0.25) is 4.79 Å². The molecule has 18 heavy (non-hydrogen) atoms. The Balaban J connectivity index is 2.87. The lowest BCUT2D eigenvalue weighted by Crippen LogP contribution is -2.41. The summed E-state index contributed by atoms with van der Waals surface area (Å²) in [6.07, 6.45) is -0.0764. The number of aromatic nitrogens is 1. The predicted octanol–water partition coefficient (Wildman–Crippen LogP) is 0.897. The van der Waals surface area contributed by atoms with Gasteiger partial charge in [-0.1, -0.05) is 23.2 Å². The Kier molecular flexibility index (Phi) is 5.01. The Morgan fingerprint density at radius 1 is 1.50 bits per heavy atom. The third-order valence-corrected chi connectivity index (χ3v) is 3.21. The first-order valence-corrected chi connectivity index (χ1v) is 5.79. The quantitative estimate of drug-likeness (QED) is 0.752. The molecule has 1 unspecified atom stereocenters. The van der Waals surface area contributed by atoms with Crippen LogP contribution in [0, 0.1) is 0 Å². The summed E-state index contributed by atoms with van der Waals surface area (Å²) >= 11 is 11.5. The number of hydrogen-bond donors (Lipinski definition) is 3. The van der Waals surface area contributed by atoms with Crippen molar-refractivity contribution < 1.29 is 19.8 Å². The van der Waals surface area contributed by atoms with Crippen molar-refractivity contribution in [1.82, 2.24) is 9.88 Å². The highest BCUT2D eigenvalue weighted by atomic mass is 35.5. The standard InChI is InChI=1S/C10H12Cl2N2O4/c1-14-7(4-5(11)8(14)12)9(16)13-6(2-3-15)10(17)18/h4,6,15H,2-3H2,1H3,(H,13,16)(H,17,18). The van der Waals surface area contributed by atoms with Crippen LogP contribution in [0.4, 0.5) is 0 Å². The molecule has 0 saturated carbocycles. The van der Waals surface area contributed by atoms with E-state index in [1.165, 1.54) is 17.7 Å². The fourth-order valence-corrected chi connectivity index (χ4v) is 1.75. The van der Waals surface area contributed by atoms with Crippen molar-refractivity contribution in [3.8, 4) is 0 Å². The zero-order valence-electron chi connectivity index (χ0n) is 9.48. The minimum Gasteiger partial charge on any atom is -0.480 e. The summed E-state index contributed by atoms with van der Waals surface area (Å²) in [6, 6.07) is 0.187. The molecule has 0 aliphatic rings. The molecule has 1 rings (SSSR count). The molecule has 0 bridgehead atoms. The fourth-order valence-electron chi connectivity index (χ4n) is 1.38. The molecule has 0 aliphatic heterocycles. The first-order chi connectivity index (χ1) is 8.38. The van der Waals surface area contributed by atoms with Crippen molar-refractivity contribution in [2.45, 2.75) is 12.5 Å². The van der Waals surface area contributed by atoms with Crippen LogP contribution in [-0.2, 0) is 11.8 Å². The number of nitrogens with zero attached hydrogens (tertiary/aromatic N) is 1. The largest absolute Gasteiger partial charge is 0.480 e. The van der Waals surface area contributed by atoms with Gasteiger partial charge in [0.05, 0.1) is 5.02 Å². The van der Waals surface area contributed by atoms with E-state index in [9.17, 15) is 9.59 Å². The molecule has 0 fully saturated rings. The third kappa shape index (κ3) is 3.16. The number of aliphatic carboxylic acids is 1. The SMILES string of the molecule is Cn1c(C(=O)NC(CCO)C(=O)O)cc(Cl)c1Cl.